The van der Waals surface area contributed by atoms with Crippen molar-refractivity contribution in [2.45, 2.75) is 33.1 Å². The van der Waals surface area contributed by atoms with Gasteiger partial charge in [-0.3, -0.25) is 9.48 Å². The van der Waals surface area contributed by atoms with Gasteiger partial charge in [0.2, 0.25) is 0 Å². The van der Waals surface area contributed by atoms with E-state index in [0.717, 1.165) is 5.56 Å². The van der Waals surface area contributed by atoms with Crippen LogP contribution < -0.4 is 5.43 Å². The van der Waals surface area contributed by atoms with Gasteiger partial charge >= 0.3 is 5.97 Å². The monoisotopic (exact) mass is 434 g/mol. The van der Waals surface area contributed by atoms with Crippen LogP contribution in [0.3, 0.4) is 0 Å². The molecule has 1 amide bonds. The van der Waals surface area contributed by atoms with Gasteiger partial charge in [0, 0.05) is 18.2 Å². The van der Waals surface area contributed by atoms with E-state index in [9.17, 15) is 14.7 Å². The van der Waals surface area contributed by atoms with Crippen LogP contribution in [0.2, 0.25) is 0 Å². The highest BCUT2D eigenvalue weighted by atomic mass is 16.4. The van der Waals surface area contributed by atoms with E-state index in [-0.39, 0.29) is 28.0 Å². The van der Waals surface area contributed by atoms with Gasteiger partial charge in [-0.15, -0.1) is 0 Å². The predicted molar refractivity (Wildman–Crippen MR) is 122 cm³/mol. The van der Waals surface area contributed by atoms with Crippen LogP contribution in [0.1, 0.15) is 59.7 Å². The molecule has 0 spiro atoms. The van der Waals surface area contributed by atoms with Gasteiger partial charge in [-0.2, -0.15) is 10.2 Å². The molecule has 0 unspecified atom stereocenters. The van der Waals surface area contributed by atoms with Gasteiger partial charge in [-0.1, -0.05) is 51.1 Å². The number of aromatic nitrogens is 2. The number of carboxylic acid groups (broad SMARTS) is 1. The van der Waals surface area contributed by atoms with Gasteiger partial charge < -0.3 is 10.2 Å². The molecule has 0 aliphatic carbocycles. The van der Waals surface area contributed by atoms with Crippen molar-refractivity contribution in [2.24, 2.45) is 12.1 Å². The Labute approximate surface area is 186 Å². The average molecular weight is 434 g/mol. The molecule has 1 aromatic heterocycles. The van der Waals surface area contributed by atoms with Crippen molar-refractivity contribution in [3.8, 4) is 17.0 Å². The third kappa shape index (κ3) is 4.69. The lowest BCUT2D eigenvalue weighted by Gasteiger charge is -2.19. The summed E-state index contributed by atoms with van der Waals surface area (Å²) in [5, 5.41) is 28.3. The first-order valence-corrected chi connectivity index (χ1v) is 10.0. The summed E-state index contributed by atoms with van der Waals surface area (Å²) in [7, 11) is 1.72. The number of nitrogens with zero attached hydrogens (tertiary/aromatic N) is 3. The number of aromatic carboxylic acids is 1. The van der Waals surface area contributed by atoms with E-state index in [4.69, 9.17) is 5.11 Å². The zero-order valence-corrected chi connectivity index (χ0v) is 18.7. The number of carboxylic acids is 1. The number of rotatable bonds is 5. The van der Waals surface area contributed by atoms with Gasteiger partial charge in [0.05, 0.1) is 11.3 Å². The van der Waals surface area contributed by atoms with E-state index in [1.807, 2.05) is 24.3 Å². The molecule has 0 saturated heterocycles. The molecular weight excluding hydrogens is 408 g/mol. The van der Waals surface area contributed by atoms with Crippen LogP contribution in [0.5, 0.6) is 5.75 Å². The minimum absolute atomic E-state index is 0.00263. The average Bonchev–Trinajstić information content (AvgIpc) is 3.05. The Morgan fingerprint density at radius 2 is 1.69 bits per heavy atom. The number of aryl methyl sites for hydroxylation is 1. The SMILES string of the molecule is CC(=NNC(=O)c1cccc(C(=O)O)c1)c1nn(C)c(-c2ccc(C(C)(C)C)cc2)c1O. The first kappa shape index (κ1) is 22.7. The van der Waals surface area contributed by atoms with Crippen LogP contribution in [0.15, 0.2) is 53.6 Å². The van der Waals surface area contributed by atoms with Crippen LogP contribution in [0.25, 0.3) is 11.3 Å². The first-order valence-electron chi connectivity index (χ1n) is 10.0. The fraction of sp³-hybridized carbons (Fsp3) is 0.250. The zero-order chi connectivity index (χ0) is 23.6. The second-order valence-corrected chi connectivity index (χ2v) is 8.52. The second kappa shape index (κ2) is 8.66. The van der Waals surface area contributed by atoms with Gasteiger partial charge in [-0.05, 0) is 36.1 Å². The normalized spacial score (nSPS) is 12.0. The molecule has 8 heteroatoms. The summed E-state index contributed by atoms with van der Waals surface area (Å²) in [6.45, 7) is 8.01. The zero-order valence-electron chi connectivity index (χ0n) is 18.7. The molecule has 32 heavy (non-hydrogen) atoms. The van der Waals surface area contributed by atoms with Crippen molar-refractivity contribution in [3.05, 3.63) is 70.9 Å². The van der Waals surface area contributed by atoms with E-state index in [0.29, 0.717) is 11.4 Å². The molecule has 0 aliphatic heterocycles. The number of hydrogen-bond acceptors (Lipinski definition) is 5. The van der Waals surface area contributed by atoms with Crippen molar-refractivity contribution >= 4 is 17.6 Å². The van der Waals surface area contributed by atoms with Crippen molar-refractivity contribution < 1.29 is 19.8 Å². The molecule has 0 fully saturated rings. The van der Waals surface area contributed by atoms with Gasteiger partial charge in [0.25, 0.3) is 5.91 Å². The van der Waals surface area contributed by atoms with E-state index < -0.39 is 11.9 Å². The highest BCUT2D eigenvalue weighted by molar-refractivity contribution is 6.03. The summed E-state index contributed by atoms with van der Waals surface area (Å²) in [5.41, 5.74) is 5.62. The Bertz CT molecular complexity index is 1200. The molecule has 3 N–H and O–H groups in total. The van der Waals surface area contributed by atoms with Crippen LogP contribution in [-0.2, 0) is 12.5 Å². The van der Waals surface area contributed by atoms with Crippen LogP contribution in [-0.4, -0.2) is 37.6 Å². The number of aromatic hydroxyl groups is 1. The molecule has 8 nitrogen and oxygen atoms in total. The molecule has 0 atom stereocenters. The topological polar surface area (TPSA) is 117 Å². The molecule has 0 saturated carbocycles. The third-order valence-corrected chi connectivity index (χ3v) is 5.09. The quantitative estimate of drug-likeness (QED) is 0.415. The largest absolute Gasteiger partial charge is 0.504 e. The maximum absolute atomic E-state index is 12.3. The summed E-state index contributed by atoms with van der Waals surface area (Å²) < 4.78 is 1.56. The Hall–Kier alpha value is -3.94. The number of hydrazone groups is 1. The van der Waals surface area contributed by atoms with E-state index in [1.165, 1.54) is 29.8 Å². The van der Waals surface area contributed by atoms with Crippen LogP contribution in [0, 0.1) is 0 Å². The van der Waals surface area contributed by atoms with Crippen LogP contribution in [0.4, 0.5) is 0 Å². The Morgan fingerprint density at radius 1 is 1.06 bits per heavy atom. The molecule has 3 aromatic rings. The lowest BCUT2D eigenvalue weighted by atomic mass is 9.86. The van der Waals surface area contributed by atoms with Crippen molar-refractivity contribution in [1.82, 2.24) is 15.2 Å². The molecule has 0 radical (unpaired) electrons. The highest BCUT2D eigenvalue weighted by Crippen LogP contribution is 2.33. The lowest BCUT2D eigenvalue weighted by molar-refractivity contribution is 0.0697. The number of amides is 1. The fourth-order valence-electron chi connectivity index (χ4n) is 3.25. The lowest BCUT2D eigenvalue weighted by Crippen LogP contribution is -2.20. The van der Waals surface area contributed by atoms with Crippen molar-refractivity contribution in [1.29, 1.82) is 0 Å². The number of carbonyl (C=O) groups is 2. The molecule has 3 rings (SSSR count). The fourth-order valence-corrected chi connectivity index (χ4v) is 3.25. The van der Waals surface area contributed by atoms with Gasteiger partial charge in [0.15, 0.2) is 11.4 Å². The number of nitrogens with one attached hydrogen (secondary N) is 1. The summed E-state index contributed by atoms with van der Waals surface area (Å²) in [6.07, 6.45) is 0. The smallest absolute Gasteiger partial charge is 0.335 e. The molecule has 0 bridgehead atoms. The molecule has 166 valence electrons. The van der Waals surface area contributed by atoms with E-state index in [1.54, 1.807) is 18.7 Å². The minimum Gasteiger partial charge on any atom is -0.504 e. The Kier molecular flexibility index (Phi) is 6.16. The van der Waals surface area contributed by atoms with Gasteiger partial charge in [-0.25, -0.2) is 10.2 Å². The number of hydrogen-bond donors (Lipinski definition) is 3. The molecular formula is C24H26N4O4. The third-order valence-electron chi connectivity index (χ3n) is 5.09. The summed E-state index contributed by atoms with van der Waals surface area (Å²) in [4.78, 5) is 23.4. The maximum Gasteiger partial charge on any atom is 0.335 e. The first-order chi connectivity index (χ1) is 15.0. The standard InChI is InChI=1S/C24H26N4O4/c1-14(25-26-22(30)16-7-6-8-17(13-16)23(31)32)19-21(29)20(28(5)27-19)15-9-11-18(12-10-15)24(2,3)4/h6-13,29H,1-5H3,(H,26,30)(H,31,32). The Balaban J connectivity index is 1.84. The van der Waals surface area contributed by atoms with E-state index in [2.05, 4.69) is 36.4 Å². The summed E-state index contributed by atoms with van der Waals surface area (Å²) in [5.74, 6) is -1.74. The second-order valence-electron chi connectivity index (χ2n) is 8.52. The number of benzene rings is 2. The predicted octanol–water partition coefficient (Wildman–Crippen LogP) is 3.94. The minimum atomic E-state index is -1.12. The number of carbonyl (C=O) groups excluding carboxylic acids is 1. The van der Waals surface area contributed by atoms with Crippen molar-refractivity contribution in [2.75, 3.05) is 0 Å². The van der Waals surface area contributed by atoms with Gasteiger partial charge in [0.1, 0.15) is 5.69 Å². The van der Waals surface area contributed by atoms with Crippen LogP contribution >= 0.6 is 0 Å². The Morgan fingerprint density at radius 3 is 2.28 bits per heavy atom. The highest BCUT2D eigenvalue weighted by Gasteiger charge is 2.20. The molecule has 2 aromatic carbocycles. The summed E-state index contributed by atoms with van der Waals surface area (Å²) in [6, 6.07) is 13.5. The summed E-state index contributed by atoms with van der Waals surface area (Å²) >= 11 is 0. The van der Waals surface area contributed by atoms with E-state index >= 15 is 0 Å². The maximum atomic E-state index is 12.3. The molecule has 1 heterocycles. The van der Waals surface area contributed by atoms with Crippen molar-refractivity contribution in [3.63, 3.8) is 0 Å². The molecule has 0 aliphatic rings.